The number of hydrogen-bond acceptors (Lipinski definition) is 5. The summed E-state index contributed by atoms with van der Waals surface area (Å²) in [6.45, 7) is 2.14. The number of esters is 2. The van der Waals surface area contributed by atoms with Gasteiger partial charge in [0, 0.05) is 20.0 Å². The zero-order valence-electron chi connectivity index (χ0n) is 9.28. The molecule has 5 heteroatoms. The lowest BCUT2D eigenvalue weighted by atomic mass is 10.2. The Kier molecular flexibility index (Phi) is 8.76. The summed E-state index contributed by atoms with van der Waals surface area (Å²) < 4.78 is 14.0. The molecule has 0 fully saturated rings. The van der Waals surface area contributed by atoms with Crippen LogP contribution in [0.15, 0.2) is 0 Å². The largest absolute Gasteiger partial charge is 0.466 e. The van der Waals surface area contributed by atoms with E-state index in [9.17, 15) is 9.59 Å². The van der Waals surface area contributed by atoms with Crippen molar-refractivity contribution in [3.63, 3.8) is 0 Å². The Morgan fingerprint density at radius 1 is 1.00 bits per heavy atom. The molecule has 0 aromatic carbocycles. The van der Waals surface area contributed by atoms with E-state index in [2.05, 4.69) is 9.47 Å². The van der Waals surface area contributed by atoms with Crippen LogP contribution in [-0.2, 0) is 23.8 Å². The van der Waals surface area contributed by atoms with Crippen molar-refractivity contribution < 1.29 is 23.8 Å². The minimum absolute atomic E-state index is 0.0172. The van der Waals surface area contributed by atoms with Crippen molar-refractivity contribution in [2.45, 2.75) is 32.6 Å². The molecule has 88 valence electrons. The predicted octanol–water partition coefficient (Wildman–Crippen LogP) is 1.26. The third kappa shape index (κ3) is 9.21. The summed E-state index contributed by atoms with van der Waals surface area (Å²) in [4.78, 5) is 21.9. The summed E-state index contributed by atoms with van der Waals surface area (Å²) in [5.41, 5.74) is 0. The Labute approximate surface area is 89.7 Å². The summed E-state index contributed by atoms with van der Waals surface area (Å²) in [6, 6.07) is 0. The number of rotatable bonds is 8. The summed E-state index contributed by atoms with van der Waals surface area (Å²) in [5.74, 6) is -0.525. The Bertz CT molecular complexity index is 190. The van der Waals surface area contributed by atoms with E-state index in [0.717, 1.165) is 0 Å². The van der Waals surface area contributed by atoms with Crippen LogP contribution in [0.5, 0.6) is 0 Å². The number of hydrogen-bond donors (Lipinski definition) is 0. The van der Waals surface area contributed by atoms with Gasteiger partial charge >= 0.3 is 11.9 Å². The number of methoxy groups -OCH3 is 1. The first-order chi connectivity index (χ1) is 7.20. The van der Waals surface area contributed by atoms with Gasteiger partial charge < -0.3 is 14.2 Å². The molecule has 0 aliphatic rings. The maximum absolute atomic E-state index is 11.0. The second-order valence-electron chi connectivity index (χ2n) is 2.94. The summed E-state index contributed by atoms with van der Waals surface area (Å²) >= 11 is 0. The van der Waals surface area contributed by atoms with Crippen LogP contribution in [-0.4, -0.2) is 32.4 Å². The minimum Gasteiger partial charge on any atom is -0.466 e. The highest BCUT2D eigenvalue weighted by atomic mass is 16.7. The van der Waals surface area contributed by atoms with Gasteiger partial charge in [0.15, 0.2) is 6.79 Å². The Hall–Kier alpha value is -1.10. The molecule has 0 spiro atoms. The molecule has 0 atom stereocenters. The van der Waals surface area contributed by atoms with E-state index in [1.807, 2.05) is 0 Å². The number of carbonyl (C=O) groups excluding carboxylic acids is 2. The average Bonchev–Trinajstić information content (AvgIpc) is 2.22. The van der Waals surface area contributed by atoms with E-state index in [1.165, 1.54) is 7.11 Å². The van der Waals surface area contributed by atoms with Crippen LogP contribution in [0.3, 0.4) is 0 Å². The fraction of sp³-hybridized carbons (Fsp3) is 0.800. The molecular formula is C10H18O5. The third-order valence-electron chi connectivity index (χ3n) is 1.65. The SMILES string of the molecule is CCOC(=O)CCCCC(=O)OCOC. The zero-order valence-corrected chi connectivity index (χ0v) is 9.28. The molecule has 0 unspecified atom stereocenters. The molecular weight excluding hydrogens is 200 g/mol. The highest BCUT2D eigenvalue weighted by Crippen LogP contribution is 2.02. The fourth-order valence-corrected chi connectivity index (χ4v) is 0.969. The zero-order chi connectivity index (χ0) is 11.5. The van der Waals surface area contributed by atoms with E-state index in [-0.39, 0.29) is 18.7 Å². The van der Waals surface area contributed by atoms with Crippen molar-refractivity contribution in [3.05, 3.63) is 0 Å². The second kappa shape index (κ2) is 9.45. The molecule has 0 aliphatic heterocycles. The van der Waals surface area contributed by atoms with Crippen molar-refractivity contribution in [2.75, 3.05) is 20.5 Å². The maximum Gasteiger partial charge on any atom is 0.307 e. The van der Waals surface area contributed by atoms with Crippen LogP contribution >= 0.6 is 0 Å². The first-order valence-corrected chi connectivity index (χ1v) is 5.00. The van der Waals surface area contributed by atoms with Gasteiger partial charge in [-0.2, -0.15) is 0 Å². The lowest BCUT2D eigenvalue weighted by molar-refractivity contribution is -0.154. The molecule has 0 bridgehead atoms. The van der Waals surface area contributed by atoms with Gasteiger partial charge in [-0.1, -0.05) is 0 Å². The Morgan fingerprint density at radius 2 is 1.53 bits per heavy atom. The molecule has 15 heavy (non-hydrogen) atoms. The third-order valence-corrected chi connectivity index (χ3v) is 1.65. The van der Waals surface area contributed by atoms with Crippen LogP contribution in [0.2, 0.25) is 0 Å². The van der Waals surface area contributed by atoms with Crippen LogP contribution in [0, 0.1) is 0 Å². The molecule has 0 radical (unpaired) electrons. The first kappa shape index (κ1) is 13.9. The van der Waals surface area contributed by atoms with Gasteiger partial charge in [0.25, 0.3) is 0 Å². The molecule has 0 aromatic rings. The lowest BCUT2D eigenvalue weighted by Crippen LogP contribution is -2.07. The van der Waals surface area contributed by atoms with Gasteiger partial charge in [-0.25, -0.2) is 0 Å². The quantitative estimate of drug-likeness (QED) is 0.348. The molecule has 0 saturated carbocycles. The molecule has 0 heterocycles. The van der Waals surface area contributed by atoms with Gasteiger partial charge in [0.2, 0.25) is 0 Å². The molecule has 0 N–H and O–H groups in total. The van der Waals surface area contributed by atoms with Crippen molar-refractivity contribution in [3.8, 4) is 0 Å². The van der Waals surface area contributed by atoms with Crippen LogP contribution < -0.4 is 0 Å². The molecule has 0 amide bonds. The summed E-state index contributed by atoms with van der Waals surface area (Å²) in [5, 5.41) is 0. The van der Waals surface area contributed by atoms with Crippen LogP contribution in [0.25, 0.3) is 0 Å². The highest BCUT2D eigenvalue weighted by Gasteiger charge is 2.04. The van der Waals surface area contributed by atoms with Crippen LogP contribution in [0.1, 0.15) is 32.6 Å². The topological polar surface area (TPSA) is 61.8 Å². The molecule has 0 aromatic heterocycles. The summed E-state index contributed by atoms with van der Waals surface area (Å²) in [7, 11) is 1.45. The van der Waals surface area contributed by atoms with Crippen molar-refractivity contribution in [1.82, 2.24) is 0 Å². The highest BCUT2D eigenvalue weighted by molar-refractivity contribution is 5.70. The number of ether oxygens (including phenoxy) is 3. The van der Waals surface area contributed by atoms with E-state index in [1.54, 1.807) is 6.92 Å². The van der Waals surface area contributed by atoms with Gasteiger partial charge in [-0.05, 0) is 19.8 Å². The van der Waals surface area contributed by atoms with E-state index in [0.29, 0.717) is 32.3 Å². The number of carbonyl (C=O) groups is 2. The number of unbranched alkanes of at least 4 members (excludes halogenated alkanes) is 1. The second-order valence-corrected chi connectivity index (χ2v) is 2.94. The Balaban J connectivity index is 3.30. The molecule has 5 nitrogen and oxygen atoms in total. The van der Waals surface area contributed by atoms with Gasteiger partial charge in [0.05, 0.1) is 6.61 Å². The Morgan fingerprint density at radius 3 is 2.00 bits per heavy atom. The van der Waals surface area contributed by atoms with Crippen LogP contribution in [0.4, 0.5) is 0 Å². The van der Waals surface area contributed by atoms with Gasteiger partial charge in [-0.3, -0.25) is 9.59 Å². The standard InChI is InChI=1S/C10H18O5/c1-3-14-9(11)6-4-5-7-10(12)15-8-13-2/h3-8H2,1-2H3. The molecule has 0 saturated heterocycles. The molecule has 0 rings (SSSR count). The van der Waals surface area contributed by atoms with Crippen molar-refractivity contribution in [1.29, 1.82) is 0 Å². The fourth-order valence-electron chi connectivity index (χ4n) is 0.969. The predicted molar refractivity (Wildman–Crippen MR) is 53.1 cm³/mol. The van der Waals surface area contributed by atoms with Gasteiger partial charge in [0.1, 0.15) is 0 Å². The van der Waals surface area contributed by atoms with E-state index < -0.39 is 0 Å². The minimum atomic E-state index is -0.305. The van der Waals surface area contributed by atoms with Gasteiger partial charge in [-0.15, -0.1) is 0 Å². The normalized spacial score (nSPS) is 9.73. The van der Waals surface area contributed by atoms with E-state index in [4.69, 9.17) is 4.74 Å². The first-order valence-electron chi connectivity index (χ1n) is 5.00. The maximum atomic E-state index is 11.0. The smallest absolute Gasteiger partial charge is 0.307 e. The lowest BCUT2D eigenvalue weighted by Gasteiger charge is -2.03. The van der Waals surface area contributed by atoms with Crippen molar-refractivity contribution >= 4 is 11.9 Å². The summed E-state index contributed by atoms with van der Waals surface area (Å²) in [6.07, 6.45) is 1.93. The van der Waals surface area contributed by atoms with E-state index >= 15 is 0 Å². The average molecular weight is 218 g/mol. The molecule has 0 aliphatic carbocycles. The monoisotopic (exact) mass is 218 g/mol. The van der Waals surface area contributed by atoms with Crippen molar-refractivity contribution in [2.24, 2.45) is 0 Å².